The Labute approximate surface area is 118 Å². The second kappa shape index (κ2) is 4.84. The Hall–Kier alpha value is -2.00. The van der Waals surface area contributed by atoms with Gasteiger partial charge in [0.1, 0.15) is 11.5 Å². The van der Waals surface area contributed by atoms with Gasteiger partial charge in [-0.25, -0.2) is 0 Å². The van der Waals surface area contributed by atoms with Crippen molar-refractivity contribution in [2.75, 3.05) is 14.2 Å². The van der Waals surface area contributed by atoms with E-state index in [-0.39, 0.29) is 5.92 Å². The van der Waals surface area contributed by atoms with Crippen molar-refractivity contribution in [3.8, 4) is 22.6 Å². The van der Waals surface area contributed by atoms with E-state index in [9.17, 15) is 5.11 Å². The zero-order valence-electron chi connectivity index (χ0n) is 11.9. The summed E-state index contributed by atoms with van der Waals surface area (Å²) < 4.78 is 10.6. The molecule has 1 atom stereocenters. The Morgan fingerprint density at radius 1 is 0.900 bits per heavy atom. The molecule has 3 rings (SSSR count). The van der Waals surface area contributed by atoms with Crippen LogP contribution in [-0.2, 0) is 0 Å². The third-order valence-corrected chi connectivity index (χ3v) is 3.96. The van der Waals surface area contributed by atoms with Gasteiger partial charge in [-0.05, 0) is 53.4 Å². The van der Waals surface area contributed by atoms with Crippen molar-refractivity contribution in [3.63, 3.8) is 0 Å². The first kappa shape index (κ1) is 13.0. The summed E-state index contributed by atoms with van der Waals surface area (Å²) in [6, 6.07) is 12.0. The molecule has 0 aliphatic heterocycles. The van der Waals surface area contributed by atoms with Crippen LogP contribution in [0.1, 0.15) is 24.0 Å². The molecule has 2 aromatic rings. The molecule has 0 heterocycles. The third-order valence-electron chi connectivity index (χ3n) is 3.96. The molecule has 104 valence electrons. The number of fused-ring (bicyclic) bond motifs is 3. The van der Waals surface area contributed by atoms with Crippen LogP contribution in [0.15, 0.2) is 36.4 Å². The number of benzene rings is 2. The van der Waals surface area contributed by atoms with Crippen molar-refractivity contribution < 1.29 is 14.6 Å². The second-order valence-electron chi connectivity index (χ2n) is 5.12. The van der Waals surface area contributed by atoms with Crippen LogP contribution in [0.5, 0.6) is 11.5 Å². The van der Waals surface area contributed by atoms with Gasteiger partial charge in [-0.2, -0.15) is 0 Å². The topological polar surface area (TPSA) is 38.7 Å². The van der Waals surface area contributed by atoms with Gasteiger partial charge in [0.05, 0.1) is 20.3 Å². The molecule has 0 bridgehead atoms. The number of rotatable bonds is 3. The number of hydrogen-bond acceptors (Lipinski definition) is 3. The molecule has 0 amide bonds. The summed E-state index contributed by atoms with van der Waals surface area (Å²) in [4.78, 5) is 0. The van der Waals surface area contributed by atoms with Crippen molar-refractivity contribution >= 4 is 0 Å². The van der Waals surface area contributed by atoms with Crippen molar-refractivity contribution in [1.29, 1.82) is 0 Å². The van der Waals surface area contributed by atoms with Crippen LogP contribution in [0.2, 0.25) is 0 Å². The van der Waals surface area contributed by atoms with E-state index in [1.165, 1.54) is 0 Å². The molecule has 1 aliphatic carbocycles. The van der Waals surface area contributed by atoms with Crippen LogP contribution in [0.25, 0.3) is 11.1 Å². The lowest BCUT2D eigenvalue weighted by Crippen LogP contribution is -2.13. The van der Waals surface area contributed by atoms with Crippen LogP contribution in [0, 0.1) is 0 Å². The zero-order chi connectivity index (χ0) is 14.3. The van der Waals surface area contributed by atoms with Crippen LogP contribution >= 0.6 is 0 Å². The minimum atomic E-state index is -0.434. The van der Waals surface area contributed by atoms with Gasteiger partial charge in [0.25, 0.3) is 0 Å². The average molecular weight is 270 g/mol. The van der Waals surface area contributed by atoms with E-state index < -0.39 is 6.10 Å². The minimum absolute atomic E-state index is 0.0109. The Morgan fingerprint density at radius 2 is 1.35 bits per heavy atom. The SMILES string of the molecule is COc1ccc2c(c1)-c1cc(OC)ccc1C2C(C)O. The van der Waals surface area contributed by atoms with E-state index in [2.05, 4.69) is 0 Å². The van der Waals surface area contributed by atoms with Gasteiger partial charge in [-0.15, -0.1) is 0 Å². The maximum atomic E-state index is 10.1. The van der Waals surface area contributed by atoms with E-state index >= 15 is 0 Å². The number of ether oxygens (including phenoxy) is 2. The fourth-order valence-corrected chi connectivity index (χ4v) is 3.02. The summed E-state index contributed by atoms with van der Waals surface area (Å²) in [6.45, 7) is 1.83. The van der Waals surface area contributed by atoms with E-state index in [0.29, 0.717) is 0 Å². The molecule has 20 heavy (non-hydrogen) atoms. The molecular formula is C17H18O3. The summed E-state index contributed by atoms with van der Waals surface area (Å²) in [5, 5.41) is 10.1. The number of aliphatic hydroxyl groups excluding tert-OH is 1. The Bertz CT molecular complexity index is 593. The molecular weight excluding hydrogens is 252 g/mol. The van der Waals surface area contributed by atoms with Crippen LogP contribution < -0.4 is 9.47 Å². The molecule has 3 nitrogen and oxygen atoms in total. The highest BCUT2D eigenvalue weighted by atomic mass is 16.5. The number of hydrogen-bond donors (Lipinski definition) is 1. The standard InChI is InChI=1S/C17H18O3/c1-10(18)17-13-6-4-11(19-2)8-15(13)16-9-12(20-3)5-7-14(16)17/h4-10,17-18H,1-3H3. The summed E-state index contributed by atoms with van der Waals surface area (Å²) in [7, 11) is 3.32. The van der Waals surface area contributed by atoms with Gasteiger partial charge < -0.3 is 14.6 Å². The minimum Gasteiger partial charge on any atom is -0.497 e. The van der Waals surface area contributed by atoms with Crippen molar-refractivity contribution in [1.82, 2.24) is 0 Å². The second-order valence-corrected chi connectivity index (χ2v) is 5.12. The van der Waals surface area contributed by atoms with Crippen LogP contribution in [-0.4, -0.2) is 25.4 Å². The van der Waals surface area contributed by atoms with Crippen LogP contribution in [0.4, 0.5) is 0 Å². The lowest BCUT2D eigenvalue weighted by molar-refractivity contribution is 0.178. The van der Waals surface area contributed by atoms with Gasteiger partial charge >= 0.3 is 0 Å². The van der Waals surface area contributed by atoms with Gasteiger partial charge in [0.15, 0.2) is 0 Å². The lowest BCUT2D eigenvalue weighted by atomic mass is 9.92. The molecule has 1 N–H and O–H groups in total. The fourth-order valence-electron chi connectivity index (χ4n) is 3.02. The Kier molecular flexibility index (Phi) is 3.14. The molecule has 0 spiro atoms. The normalized spacial score (nSPS) is 14.6. The molecule has 1 aliphatic rings. The highest BCUT2D eigenvalue weighted by Gasteiger charge is 2.32. The van der Waals surface area contributed by atoms with Crippen molar-refractivity contribution in [3.05, 3.63) is 47.5 Å². The highest BCUT2D eigenvalue weighted by molar-refractivity contribution is 5.81. The Morgan fingerprint density at radius 3 is 1.70 bits per heavy atom. The summed E-state index contributed by atoms with van der Waals surface area (Å²) >= 11 is 0. The summed E-state index contributed by atoms with van der Waals surface area (Å²) in [6.07, 6.45) is -0.434. The fraction of sp³-hybridized carbons (Fsp3) is 0.294. The monoisotopic (exact) mass is 270 g/mol. The van der Waals surface area contributed by atoms with E-state index in [1.807, 2.05) is 43.3 Å². The highest BCUT2D eigenvalue weighted by Crippen LogP contribution is 2.48. The number of aliphatic hydroxyl groups is 1. The largest absolute Gasteiger partial charge is 0.497 e. The van der Waals surface area contributed by atoms with Crippen molar-refractivity contribution in [2.45, 2.75) is 18.9 Å². The summed E-state index contributed by atoms with van der Waals surface area (Å²) in [5.74, 6) is 1.66. The predicted octanol–water partition coefficient (Wildman–Crippen LogP) is 3.20. The molecule has 2 aromatic carbocycles. The molecule has 1 unspecified atom stereocenters. The van der Waals surface area contributed by atoms with Crippen molar-refractivity contribution in [2.24, 2.45) is 0 Å². The first-order valence-electron chi connectivity index (χ1n) is 6.70. The van der Waals surface area contributed by atoms with Gasteiger partial charge in [-0.1, -0.05) is 12.1 Å². The third kappa shape index (κ3) is 1.86. The zero-order valence-corrected chi connectivity index (χ0v) is 11.9. The maximum absolute atomic E-state index is 10.1. The average Bonchev–Trinajstić information content (AvgIpc) is 2.79. The molecule has 0 fully saturated rings. The summed E-state index contributed by atoms with van der Waals surface area (Å²) in [5.41, 5.74) is 4.52. The van der Waals surface area contributed by atoms with E-state index in [4.69, 9.17) is 9.47 Å². The maximum Gasteiger partial charge on any atom is 0.119 e. The molecule has 0 radical (unpaired) electrons. The molecule has 3 heteroatoms. The first-order chi connectivity index (χ1) is 9.65. The number of methoxy groups -OCH3 is 2. The molecule has 0 aromatic heterocycles. The van der Waals surface area contributed by atoms with E-state index in [0.717, 1.165) is 33.8 Å². The molecule has 0 saturated heterocycles. The van der Waals surface area contributed by atoms with E-state index in [1.54, 1.807) is 14.2 Å². The van der Waals surface area contributed by atoms with Crippen LogP contribution in [0.3, 0.4) is 0 Å². The quantitative estimate of drug-likeness (QED) is 0.931. The predicted molar refractivity (Wildman–Crippen MR) is 78.5 cm³/mol. The Balaban J connectivity index is 2.24. The lowest BCUT2D eigenvalue weighted by Gasteiger charge is -2.17. The molecule has 0 saturated carbocycles. The van der Waals surface area contributed by atoms with Gasteiger partial charge in [0, 0.05) is 5.92 Å². The van der Waals surface area contributed by atoms with Gasteiger partial charge in [-0.3, -0.25) is 0 Å². The van der Waals surface area contributed by atoms with Gasteiger partial charge in [0.2, 0.25) is 0 Å². The smallest absolute Gasteiger partial charge is 0.119 e. The first-order valence-corrected chi connectivity index (χ1v) is 6.70.